The summed E-state index contributed by atoms with van der Waals surface area (Å²) in [6.45, 7) is 3.86. The molecular formula is C25H37ClN4O4. The fourth-order valence-corrected chi connectivity index (χ4v) is 5.44. The molecule has 3 rings (SSSR count). The number of benzene rings is 1. The van der Waals surface area contributed by atoms with Gasteiger partial charge in [-0.1, -0.05) is 49.8 Å². The molecule has 1 aliphatic carbocycles. The molecule has 0 radical (unpaired) electrons. The van der Waals surface area contributed by atoms with Crippen LogP contribution in [0.2, 0.25) is 5.02 Å². The van der Waals surface area contributed by atoms with Crippen LogP contribution in [0.1, 0.15) is 56.6 Å². The number of hydrogen-bond donors (Lipinski definition) is 3. The lowest BCUT2D eigenvalue weighted by atomic mass is 9.79. The number of imide groups is 1. The number of esters is 1. The Morgan fingerprint density at radius 3 is 2.62 bits per heavy atom. The molecule has 34 heavy (non-hydrogen) atoms. The van der Waals surface area contributed by atoms with Crippen molar-refractivity contribution in [1.82, 2.24) is 15.5 Å². The summed E-state index contributed by atoms with van der Waals surface area (Å²) in [5.74, 6) is 0.00238. The normalized spacial score (nSPS) is 21.4. The molecule has 1 saturated carbocycles. The molecule has 2 amide bonds. The molecule has 2 fully saturated rings. The summed E-state index contributed by atoms with van der Waals surface area (Å²) in [6, 6.07) is 5.29. The van der Waals surface area contributed by atoms with Crippen molar-refractivity contribution in [2.75, 3.05) is 26.2 Å². The van der Waals surface area contributed by atoms with Crippen molar-refractivity contribution < 1.29 is 19.1 Å². The van der Waals surface area contributed by atoms with Gasteiger partial charge in [-0.2, -0.15) is 0 Å². The Morgan fingerprint density at radius 2 is 1.91 bits per heavy atom. The van der Waals surface area contributed by atoms with Crippen LogP contribution < -0.4 is 16.4 Å². The second-order valence-electron chi connectivity index (χ2n) is 9.28. The van der Waals surface area contributed by atoms with Gasteiger partial charge in [0.25, 0.3) is 0 Å². The summed E-state index contributed by atoms with van der Waals surface area (Å²) in [5, 5.41) is 6.20. The lowest BCUT2D eigenvalue weighted by Gasteiger charge is -2.27. The third-order valence-corrected chi connectivity index (χ3v) is 7.17. The first-order valence-electron chi connectivity index (χ1n) is 12.3. The van der Waals surface area contributed by atoms with Gasteiger partial charge in [0, 0.05) is 24.7 Å². The predicted molar refractivity (Wildman–Crippen MR) is 131 cm³/mol. The molecule has 8 nitrogen and oxygen atoms in total. The molecule has 1 aromatic carbocycles. The number of carbonyl (C=O) groups is 3. The summed E-state index contributed by atoms with van der Waals surface area (Å²) in [7, 11) is 0. The van der Waals surface area contributed by atoms with E-state index in [0.29, 0.717) is 36.6 Å². The zero-order valence-corrected chi connectivity index (χ0v) is 20.7. The van der Waals surface area contributed by atoms with Crippen molar-refractivity contribution in [1.29, 1.82) is 0 Å². The average Bonchev–Trinajstić information content (AvgIpc) is 3.25. The first-order valence-corrected chi connectivity index (χ1v) is 12.7. The van der Waals surface area contributed by atoms with E-state index in [2.05, 4.69) is 15.5 Å². The highest BCUT2D eigenvalue weighted by Crippen LogP contribution is 2.38. The first kappa shape index (κ1) is 26.6. The minimum atomic E-state index is -0.460. The van der Waals surface area contributed by atoms with Gasteiger partial charge in [0.2, 0.25) is 11.8 Å². The molecule has 1 heterocycles. The van der Waals surface area contributed by atoms with Crippen molar-refractivity contribution in [3.8, 4) is 0 Å². The van der Waals surface area contributed by atoms with Gasteiger partial charge in [0.15, 0.2) is 0 Å². The number of likely N-dealkylation sites (tertiary alicyclic amines) is 1. The number of halogens is 1. The molecule has 4 N–H and O–H groups in total. The van der Waals surface area contributed by atoms with Gasteiger partial charge < -0.3 is 15.8 Å². The van der Waals surface area contributed by atoms with Crippen LogP contribution in [-0.2, 0) is 32.2 Å². The monoisotopic (exact) mass is 492 g/mol. The van der Waals surface area contributed by atoms with E-state index in [0.717, 1.165) is 24.1 Å². The maximum Gasteiger partial charge on any atom is 0.319 e. The van der Waals surface area contributed by atoms with Gasteiger partial charge in [0.1, 0.15) is 0 Å². The van der Waals surface area contributed by atoms with Crippen LogP contribution in [0, 0.1) is 11.8 Å². The highest BCUT2D eigenvalue weighted by molar-refractivity contribution is 6.30. The molecule has 1 unspecified atom stereocenters. The smallest absolute Gasteiger partial charge is 0.319 e. The molecule has 2 aliphatic rings. The zero-order chi connectivity index (χ0) is 24.5. The fraction of sp³-hybridized carbons (Fsp3) is 0.640. The fourth-order valence-electron chi connectivity index (χ4n) is 5.25. The Labute approximate surface area is 206 Å². The topological polar surface area (TPSA) is 114 Å². The van der Waals surface area contributed by atoms with Crippen molar-refractivity contribution in [2.45, 2.75) is 64.6 Å². The molecule has 0 spiro atoms. The molecule has 188 valence electrons. The number of nitrogens with zero attached hydrogens (tertiary/aromatic N) is 1. The standard InChI is InChI=1S/C25H37ClN4O4/c1-2-34-24(32)14-28-13-18-8-9-21(26)10-19(18)15-30-16-20(17-6-4-3-5-7-17)11-22(30)25(33)29-23(31)12-27/h8-10,17,20,22,28H,2-7,11-16,27H2,1H3,(H,29,31,33)/t20?,22-/m0/s1. The Kier molecular flexibility index (Phi) is 10.3. The van der Waals surface area contributed by atoms with Crippen molar-refractivity contribution in [3.63, 3.8) is 0 Å². The van der Waals surface area contributed by atoms with Gasteiger partial charge in [0.05, 0.1) is 25.7 Å². The summed E-state index contributed by atoms with van der Waals surface area (Å²) in [6.07, 6.45) is 6.92. The minimum Gasteiger partial charge on any atom is -0.465 e. The number of carbonyl (C=O) groups excluding carboxylic acids is 3. The number of amides is 2. The van der Waals surface area contributed by atoms with Crippen LogP contribution in [0.25, 0.3) is 0 Å². The molecule has 1 aromatic rings. The van der Waals surface area contributed by atoms with Crippen LogP contribution in [-0.4, -0.2) is 55.0 Å². The number of rotatable bonds is 10. The van der Waals surface area contributed by atoms with E-state index in [9.17, 15) is 14.4 Å². The maximum atomic E-state index is 13.0. The number of ether oxygens (including phenoxy) is 1. The van der Waals surface area contributed by atoms with Gasteiger partial charge in [-0.3, -0.25) is 24.6 Å². The largest absolute Gasteiger partial charge is 0.465 e. The maximum absolute atomic E-state index is 13.0. The molecular weight excluding hydrogens is 456 g/mol. The van der Waals surface area contributed by atoms with Crippen LogP contribution in [0.4, 0.5) is 0 Å². The Balaban J connectivity index is 1.74. The number of hydrogen-bond acceptors (Lipinski definition) is 7. The van der Waals surface area contributed by atoms with E-state index in [1.54, 1.807) is 6.92 Å². The predicted octanol–water partition coefficient (Wildman–Crippen LogP) is 2.37. The van der Waals surface area contributed by atoms with E-state index in [1.807, 2.05) is 18.2 Å². The highest BCUT2D eigenvalue weighted by Gasteiger charge is 2.40. The minimum absolute atomic E-state index is 0.121. The van der Waals surface area contributed by atoms with E-state index in [-0.39, 0.29) is 31.0 Å². The summed E-state index contributed by atoms with van der Waals surface area (Å²) >= 11 is 6.31. The summed E-state index contributed by atoms with van der Waals surface area (Å²) < 4.78 is 4.98. The molecule has 1 saturated heterocycles. The van der Waals surface area contributed by atoms with Gasteiger partial charge in [-0.05, 0) is 48.4 Å². The molecule has 0 bridgehead atoms. The zero-order valence-electron chi connectivity index (χ0n) is 20.0. The van der Waals surface area contributed by atoms with E-state index in [4.69, 9.17) is 22.1 Å². The van der Waals surface area contributed by atoms with E-state index in [1.165, 1.54) is 32.1 Å². The van der Waals surface area contributed by atoms with Gasteiger partial charge >= 0.3 is 5.97 Å². The quantitative estimate of drug-likeness (QED) is 0.429. The summed E-state index contributed by atoms with van der Waals surface area (Å²) in [5.41, 5.74) is 7.42. The van der Waals surface area contributed by atoms with Crippen molar-refractivity contribution in [3.05, 3.63) is 34.3 Å². The lowest BCUT2D eigenvalue weighted by molar-refractivity contribution is -0.142. The molecule has 1 aliphatic heterocycles. The molecule has 9 heteroatoms. The average molecular weight is 493 g/mol. The van der Waals surface area contributed by atoms with Gasteiger partial charge in [-0.25, -0.2) is 0 Å². The number of nitrogens with two attached hydrogens (primary N) is 1. The second kappa shape index (κ2) is 13.2. The summed E-state index contributed by atoms with van der Waals surface area (Å²) in [4.78, 5) is 38.6. The number of nitrogens with one attached hydrogen (secondary N) is 2. The molecule has 2 atom stereocenters. The third kappa shape index (κ3) is 7.50. The van der Waals surface area contributed by atoms with Crippen molar-refractivity contribution in [2.24, 2.45) is 17.6 Å². The SMILES string of the molecule is CCOC(=O)CNCc1ccc(Cl)cc1CN1CC(C2CCCCC2)C[C@H]1C(=O)NC(=O)CN. The van der Waals surface area contributed by atoms with Crippen LogP contribution >= 0.6 is 11.6 Å². The first-order chi connectivity index (χ1) is 16.4. The third-order valence-electron chi connectivity index (χ3n) is 6.93. The Morgan fingerprint density at radius 1 is 1.15 bits per heavy atom. The Hall–Kier alpha value is -2.00. The molecule has 0 aromatic heterocycles. The van der Waals surface area contributed by atoms with E-state index >= 15 is 0 Å². The van der Waals surface area contributed by atoms with Crippen LogP contribution in [0.5, 0.6) is 0 Å². The van der Waals surface area contributed by atoms with E-state index < -0.39 is 5.91 Å². The highest BCUT2D eigenvalue weighted by atomic mass is 35.5. The van der Waals surface area contributed by atoms with Crippen molar-refractivity contribution >= 4 is 29.4 Å². The van der Waals surface area contributed by atoms with Gasteiger partial charge in [-0.15, -0.1) is 0 Å². The van der Waals surface area contributed by atoms with Crippen LogP contribution in [0.15, 0.2) is 18.2 Å². The van der Waals surface area contributed by atoms with Crippen LogP contribution in [0.3, 0.4) is 0 Å². The lowest BCUT2D eigenvalue weighted by Crippen LogP contribution is -2.46. The Bertz CT molecular complexity index is 859. The second-order valence-corrected chi connectivity index (χ2v) is 9.71.